The number of fused-ring (bicyclic) bond motifs is 4. The molecule has 4 aromatic rings. The lowest BCUT2D eigenvalue weighted by Crippen LogP contribution is -2.31. The number of non-ortho nitro benzene ring substituents is 1. The van der Waals surface area contributed by atoms with Gasteiger partial charge in [-0.1, -0.05) is 18.2 Å². The minimum absolute atomic E-state index is 0.0366. The molecule has 3 aromatic carbocycles. The molecular formula is C24H20N6O5. The standard InChI is InChI=1S/C24H20N6O5/c25-23-27-22(14-5-7-16(8-6-14)35-17-4-1-3-15(11-17)30(31)32)29-19-13-21-20(33-9-2-10-34-21)12-18(19)26-24(29)28-23/h1,3-8,11-13,22H,2,9-10H2,(H3,25,26,27,28). The summed E-state index contributed by atoms with van der Waals surface area (Å²) in [6, 6.07) is 17.1. The van der Waals surface area contributed by atoms with Crippen molar-refractivity contribution in [2.45, 2.75) is 12.6 Å². The Kier molecular flexibility index (Phi) is 4.87. The largest absolute Gasteiger partial charge is 0.489 e. The number of hydrogen-bond donors (Lipinski definition) is 2. The van der Waals surface area contributed by atoms with Crippen molar-refractivity contribution in [2.24, 2.45) is 10.7 Å². The van der Waals surface area contributed by atoms with Crippen LogP contribution in [0.25, 0.3) is 11.0 Å². The molecule has 0 radical (unpaired) electrons. The molecular weight excluding hydrogens is 452 g/mol. The smallest absolute Gasteiger partial charge is 0.273 e. The molecule has 0 saturated heterocycles. The molecule has 0 spiro atoms. The van der Waals surface area contributed by atoms with Gasteiger partial charge in [-0.3, -0.25) is 20.0 Å². The van der Waals surface area contributed by atoms with Gasteiger partial charge in [-0.2, -0.15) is 0 Å². The Bertz CT molecular complexity index is 1480. The highest BCUT2D eigenvalue weighted by Crippen LogP contribution is 2.39. The second kappa shape index (κ2) is 8.20. The summed E-state index contributed by atoms with van der Waals surface area (Å²) < 4.78 is 19.4. The van der Waals surface area contributed by atoms with Gasteiger partial charge in [-0.25, -0.2) is 9.98 Å². The van der Waals surface area contributed by atoms with Gasteiger partial charge in [0.15, 0.2) is 23.6 Å². The van der Waals surface area contributed by atoms with E-state index in [0.29, 0.717) is 42.2 Å². The number of aromatic nitrogens is 2. The van der Waals surface area contributed by atoms with Crippen LogP contribution in [0.1, 0.15) is 18.2 Å². The molecule has 35 heavy (non-hydrogen) atoms. The number of ether oxygens (including phenoxy) is 3. The number of nitrogens with one attached hydrogen (secondary N) is 1. The summed E-state index contributed by atoms with van der Waals surface area (Å²) in [6.07, 6.45) is 0.348. The summed E-state index contributed by atoms with van der Waals surface area (Å²) in [5.74, 6) is 3.06. The lowest BCUT2D eigenvalue weighted by Gasteiger charge is -2.24. The van der Waals surface area contributed by atoms with Crippen LogP contribution in [0.4, 0.5) is 11.6 Å². The first-order chi connectivity index (χ1) is 17.0. The number of benzene rings is 3. The maximum absolute atomic E-state index is 11.0. The van der Waals surface area contributed by atoms with Crippen molar-refractivity contribution < 1.29 is 19.1 Å². The highest BCUT2D eigenvalue weighted by molar-refractivity contribution is 5.95. The van der Waals surface area contributed by atoms with Gasteiger partial charge in [-0.05, 0) is 23.8 Å². The molecule has 11 nitrogen and oxygen atoms in total. The number of nitrogens with two attached hydrogens (primary N) is 1. The molecule has 0 fully saturated rings. The third-order valence-electron chi connectivity index (χ3n) is 5.75. The number of guanidine groups is 1. The average molecular weight is 472 g/mol. The van der Waals surface area contributed by atoms with Crippen molar-refractivity contribution in [1.82, 2.24) is 9.55 Å². The van der Waals surface area contributed by atoms with E-state index in [0.717, 1.165) is 23.0 Å². The van der Waals surface area contributed by atoms with Gasteiger partial charge < -0.3 is 19.9 Å². The van der Waals surface area contributed by atoms with Gasteiger partial charge in [-0.15, -0.1) is 0 Å². The van der Waals surface area contributed by atoms with Crippen LogP contribution in [0.15, 0.2) is 65.7 Å². The zero-order valence-electron chi connectivity index (χ0n) is 18.4. The number of imidazole rings is 1. The first-order valence-electron chi connectivity index (χ1n) is 11.0. The lowest BCUT2D eigenvalue weighted by molar-refractivity contribution is -0.384. The van der Waals surface area contributed by atoms with E-state index in [1.807, 2.05) is 28.8 Å². The summed E-state index contributed by atoms with van der Waals surface area (Å²) >= 11 is 0. The maximum atomic E-state index is 11.0. The van der Waals surface area contributed by atoms with Gasteiger partial charge in [0, 0.05) is 24.6 Å². The summed E-state index contributed by atoms with van der Waals surface area (Å²) in [5, 5.41) is 14.0. The number of aliphatic imine (C=N–C) groups is 1. The number of nitro groups is 1. The molecule has 2 aliphatic rings. The number of nitrogens with zero attached hydrogens (tertiary/aromatic N) is 4. The van der Waals surface area contributed by atoms with Crippen LogP contribution >= 0.6 is 0 Å². The normalized spacial score (nSPS) is 16.6. The quantitative estimate of drug-likeness (QED) is 0.333. The molecule has 3 N–H and O–H groups in total. The van der Waals surface area contributed by atoms with E-state index in [9.17, 15) is 10.1 Å². The maximum Gasteiger partial charge on any atom is 0.273 e. The first kappa shape index (κ1) is 20.8. The minimum Gasteiger partial charge on any atom is -0.489 e. The molecule has 1 atom stereocenters. The highest BCUT2D eigenvalue weighted by atomic mass is 16.6. The van der Waals surface area contributed by atoms with Crippen molar-refractivity contribution in [1.29, 1.82) is 0 Å². The van der Waals surface area contributed by atoms with Gasteiger partial charge in [0.05, 0.1) is 35.2 Å². The Morgan fingerprint density at radius 3 is 2.60 bits per heavy atom. The summed E-state index contributed by atoms with van der Waals surface area (Å²) in [4.78, 5) is 19.9. The first-order valence-corrected chi connectivity index (χ1v) is 11.0. The molecule has 1 unspecified atom stereocenters. The third-order valence-corrected chi connectivity index (χ3v) is 5.75. The minimum atomic E-state index is -0.465. The van der Waals surface area contributed by atoms with Crippen LogP contribution in [0.3, 0.4) is 0 Å². The van der Waals surface area contributed by atoms with E-state index in [1.165, 1.54) is 12.1 Å². The van der Waals surface area contributed by atoms with Crippen molar-refractivity contribution in [2.75, 3.05) is 18.5 Å². The molecule has 11 heteroatoms. The van der Waals surface area contributed by atoms with Gasteiger partial charge in [0.1, 0.15) is 11.5 Å². The number of anilines is 1. The fourth-order valence-corrected chi connectivity index (χ4v) is 4.15. The van der Waals surface area contributed by atoms with Crippen molar-refractivity contribution in [3.8, 4) is 23.0 Å². The zero-order valence-corrected chi connectivity index (χ0v) is 18.4. The lowest BCUT2D eigenvalue weighted by atomic mass is 10.1. The predicted octanol–water partition coefficient (Wildman–Crippen LogP) is 4.19. The third kappa shape index (κ3) is 3.82. The molecule has 176 valence electrons. The van der Waals surface area contributed by atoms with Crippen molar-refractivity contribution in [3.63, 3.8) is 0 Å². The number of nitro benzene ring substituents is 1. The molecule has 0 amide bonds. The SMILES string of the molecule is NC1=NC(c2ccc(Oc3cccc([N+](=O)[O-])c3)cc2)n2c(nc3cc4c(cc32)OCCCO4)N1. The zero-order chi connectivity index (χ0) is 23.9. The Morgan fingerprint density at radius 1 is 1.06 bits per heavy atom. The fraction of sp³-hybridized carbons (Fsp3) is 0.167. The highest BCUT2D eigenvalue weighted by Gasteiger charge is 2.27. The van der Waals surface area contributed by atoms with Crippen LogP contribution < -0.4 is 25.3 Å². The molecule has 1 aromatic heterocycles. The van der Waals surface area contributed by atoms with Crippen LogP contribution in [0.2, 0.25) is 0 Å². The van der Waals surface area contributed by atoms with Crippen LogP contribution in [-0.2, 0) is 0 Å². The van der Waals surface area contributed by atoms with Crippen molar-refractivity contribution in [3.05, 3.63) is 76.3 Å². The molecule has 0 saturated carbocycles. The Labute approximate surface area is 198 Å². The van der Waals surface area contributed by atoms with Gasteiger partial charge in [0.2, 0.25) is 5.95 Å². The van der Waals surface area contributed by atoms with E-state index in [-0.39, 0.29) is 11.6 Å². The molecule has 6 rings (SSSR count). The number of rotatable bonds is 4. The van der Waals surface area contributed by atoms with Crippen LogP contribution in [0, 0.1) is 10.1 Å². The second-order valence-corrected chi connectivity index (χ2v) is 8.08. The van der Waals surface area contributed by atoms with E-state index in [1.54, 1.807) is 24.3 Å². The summed E-state index contributed by atoms with van der Waals surface area (Å²) in [7, 11) is 0. The summed E-state index contributed by atoms with van der Waals surface area (Å²) in [5.41, 5.74) is 8.45. The van der Waals surface area contributed by atoms with Crippen LogP contribution in [0.5, 0.6) is 23.0 Å². The predicted molar refractivity (Wildman–Crippen MR) is 128 cm³/mol. The van der Waals surface area contributed by atoms with Crippen LogP contribution in [-0.4, -0.2) is 33.6 Å². The monoisotopic (exact) mass is 472 g/mol. The molecule has 2 aliphatic heterocycles. The molecule has 3 heterocycles. The number of hydrogen-bond acceptors (Lipinski definition) is 9. The second-order valence-electron chi connectivity index (χ2n) is 8.08. The molecule has 0 bridgehead atoms. The van der Waals surface area contributed by atoms with E-state index in [4.69, 9.17) is 19.9 Å². The topological polar surface area (TPSA) is 139 Å². The Hall–Kier alpha value is -4.80. The van der Waals surface area contributed by atoms with Gasteiger partial charge in [0.25, 0.3) is 5.69 Å². The Balaban J connectivity index is 1.34. The fourth-order valence-electron chi connectivity index (χ4n) is 4.15. The van der Waals surface area contributed by atoms with Gasteiger partial charge >= 0.3 is 0 Å². The van der Waals surface area contributed by atoms with E-state index >= 15 is 0 Å². The Morgan fingerprint density at radius 2 is 1.83 bits per heavy atom. The summed E-state index contributed by atoms with van der Waals surface area (Å²) in [6.45, 7) is 1.17. The van der Waals surface area contributed by atoms with E-state index in [2.05, 4.69) is 15.3 Å². The molecule has 0 aliphatic carbocycles. The van der Waals surface area contributed by atoms with E-state index < -0.39 is 11.1 Å². The van der Waals surface area contributed by atoms with Crippen molar-refractivity contribution >= 4 is 28.6 Å². The average Bonchev–Trinajstić information content (AvgIpc) is 3.03.